The maximum Gasteiger partial charge on any atom is -0.0253 e. The van der Waals surface area contributed by atoms with Gasteiger partial charge in [0.05, 0.1) is 0 Å². The van der Waals surface area contributed by atoms with Crippen molar-refractivity contribution >= 4 is 31.3 Å². The molecule has 0 fully saturated rings. The van der Waals surface area contributed by atoms with Crippen LogP contribution in [0.4, 0.5) is 0 Å². The first-order valence-electron chi connectivity index (χ1n) is 20.6. The molecule has 4 aliphatic carbocycles. The molecular formula is C58H50Cl2Hf2. The second kappa shape index (κ2) is 24.0. The summed E-state index contributed by atoms with van der Waals surface area (Å²) in [6.45, 7) is 8.58. The number of hydrogen-bond donors (Lipinski definition) is 0. The monoisotopic (exact) mass is 1180 g/mol. The van der Waals surface area contributed by atoms with E-state index in [-0.39, 0.29) is 24.8 Å². The molecule has 0 saturated carbocycles. The Morgan fingerprint density at radius 1 is 0.306 bits per heavy atom. The first-order valence-corrected chi connectivity index (χ1v) is 24.2. The van der Waals surface area contributed by atoms with Crippen molar-refractivity contribution in [2.45, 2.75) is 53.4 Å². The standard InChI is InChI=1S/4C13H9.2C3H6.2ClH.2Hf/c4*1-3-7-12-10(5-1)9-11-6-2-4-8-13(11)12;2*1-3-2;;;;/h4*1-5,7-8H,9H2;2*1-2H3;2*1H;;/q4*-1;;;;;2*+2. The van der Waals surface area contributed by atoms with Crippen molar-refractivity contribution in [1.82, 2.24) is 0 Å². The molecule has 0 bridgehead atoms. The summed E-state index contributed by atoms with van der Waals surface area (Å²) in [5.74, 6) is 0. The van der Waals surface area contributed by atoms with Crippen LogP contribution in [0.25, 0.3) is 44.5 Å². The predicted octanol–water partition coefficient (Wildman–Crippen LogP) is 14.6. The molecule has 0 aromatic heterocycles. The summed E-state index contributed by atoms with van der Waals surface area (Å²) in [5.41, 5.74) is 22.0. The fourth-order valence-electron chi connectivity index (χ4n) is 7.99. The normalized spacial score (nSPS) is 11.2. The molecule has 0 heterocycles. The van der Waals surface area contributed by atoms with Crippen LogP contribution in [0.15, 0.2) is 170 Å². The van der Waals surface area contributed by atoms with Crippen LogP contribution < -0.4 is 0 Å². The van der Waals surface area contributed by atoms with Gasteiger partial charge in [0, 0.05) is 0 Å². The fourth-order valence-corrected chi connectivity index (χ4v) is 7.99. The molecular weight excluding hydrogens is 1120 g/mol. The van der Waals surface area contributed by atoms with Gasteiger partial charge >= 0.3 is 82.0 Å². The van der Waals surface area contributed by atoms with Crippen molar-refractivity contribution in [3.63, 3.8) is 0 Å². The summed E-state index contributed by atoms with van der Waals surface area (Å²) in [6.07, 6.45) is 4.19. The number of halogens is 2. The minimum atomic E-state index is 0. The van der Waals surface area contributed by atoms with Gasteiger partial charge in [-0.2, -0.15) is 119 Å². The minimum absolute atomic E-state index is 0. The first kappa shape index (κ1) is 48.8. The van der Waals surface area contributed by atoms with Crippen molar-refractivity contribution < 1.29 is 47.8 Å². The largest absolute Gasteiger partial charge is 0.179 e. The smallest absolute Gasteiger partial charge is 0.0253 e. The molecule has 0 amide bonds. The first-order chi connectivity index (χ1) is 29.3. The third-order valence-corrected chi connectivity index (χ3v) is 10.5. The SMILES string of the molecule is C[C](C)=[Hf+2].C[C](C)=[Hf+2].Cl.Cl.[c-]1cccc2c1Cc1ccccc1-2.[c-]1cccc2c1Cc1ccccc1-2.[c-]1cccc2c1Cc1ccccc1-2.[c-]1cccc2c1Cc1ccccc1-2. The van der Waals surface area contributed by atoms with Gasteiger partial charge in [-0.1, -0.05) is 142 Å². The van der Waals surface area contributed by atoms with Crippen LogP contribution in [0.2, 0.25) is 0 Å². The van der Waals surface area contributed by atoms with Crippen LogP contribution in [0.1, 0.15) is 72.2 Å². The van der Waals surface area contributed by atoms with E-state index in [9.17, 15) is 0 Å². The predicted molar refractivity (Wildman–Crippen MR) is 261 cm³/mol. The van der Waals surface area contributed by atoms with E-state index in [0.717, 1.165) is 25.7 Å². The third-order valence-electron chi connectivity index (χ3n) is 10.5. The van der Waals surface area contributed by atoms with Gasteiger partial charge in [0.2, 0.25) is 0 Å². The van der Waals surface area contributed by atoms with E-state index in [1.165, 1.54) is 137 Å². The van der Waals surface area contributed by atoms with Crippen molar-refractivity contribution in [3.8, 4) is 44.5 Å². The van der Waals surface area contributed by atoms with Gasteiger partial charge in [-0.3, -0.25) is 0 Å². The molecule has 0 aliphatic heterocycles. The minimum Gasteiger partial charge on any atom is -0.179 e. The number of hydrogen-bond acceptors (Lipinski definition) is 0. The van der Waals surface area contributed by atoms with Crippen molar-refractivity contribution in [1.29, 1.82) is 0 Å². The Morgan fingerprint density at radius 3 is 0.694 bits per heavy atom. The summed E-state index contributed by atoms with van der Waals surface area (Å²) in [7, 11) is 0. The zero-order valence-corrected chi connectivity index (χ0v) is 44.6. The van der Waals surface area contributed by atoms with Crippen LogP contribution in [-0.4, -0.2) is 6.51 Å². The average Bonchev–Trinajstić information content (AvgIpc) is 4.04. The maximum atomic E-state index is 3.30. The van der Waals surface area contributed by atoms with E-state index in [4.69, 9.17) is 0 Å². The molecule has 12 rings (SSSR count). The van der Waals surface area contributed by atoms with E-state index in [0.29, 0.717) is 0 Å². The van der Waals surface area contributed by atoms with Gasteiger partial charge in [0.25, 0.3) is 0 Å². The van der Waals surface area contributed by atoms with Crippen LogP contribution in [-0.2, 0) is 73.5 Å². The third kappa shape index (κ3) is 12.5. The van der Waals surface area contributed by atoms with Crippen molar-refractivity contribution in [2.24, 2.45) is 0 Å². The number of rotatable bonds is 0. The topological polar surface area (TPSA) is 0 Å². The molecule has 0 radical (unpaired) electrons. The fraction of sp³-hybridized carbons (Fsp3) is 0.138. The van der Waals surface area contributed by atoms with Gasteiger partial charge in [-0.25, -0.2) is 0 Å². The quantitative estimate of drug-likeness (QED) is 0.105. The molecule has 4 heteroatoms. The molecule has 8 aromatic rings. The molecule has 304 valence electrons. The molecule has 0 spiro atoms. The molecule has 0 N–H and O–H groups in total. The second-order valence-corrected chi connectivity index (χ2v) is 22.8. The molecule has 4 aliphatic rings. The zero-order valence-electron chi connectivity index (χ0n) is 35.8. The van der Waals surface area contributed by atoms with Crippen LogP contribution in [0.3, 0.4) is 0 Å². The van der Waals surface area contributed by atoms with Gasteiger partial charge in [-0.05, 0) is 25.7 Å². The van der Waals surface area contributed by atoms with Crippen molar-refractivity contribution in [2.75, 3.05) is 0 Å². The Morgan fingerprint density at radius 2 is 0.484 bits per heavy atom. The Balaban J connectivity index is 0.000000146. The maximum absolute atomic E-state index is 3.30. The van der Waals surface area contributed by atoms with E-state index in [1.54, 1.807) is 6.51 Å². The van der Waals surface area contributed by atoms with Gasteiger partial charge in [0.15, 0.2) is 0 Å². The van der Waals surface area contributed by atoms with Crippen LogP contribution >= 0.6 is 24.8 Å². The number of benzene rings is 8. The molecule has 62 heavy (non-hydrogen) atoms. The van der Waals surface area contributed by atoms with E-state index >= 15 is 0 Å². The van der Waals surface area contributed by atoms with E-state index in [1.807, 2.05) is 24.3 Å². The molecule has 0 unspecified atom stereocenters. The van der Waals surface area contributed by atoms with E-state index < -0.39 is 0 Å². The molecule has 0 atom stereocenters. The summed E-state index contributed by atoms with van der Waals surface area (Å²) < 4.78 is 3.11. The van der Waals surface area contributed by atoms with Gasteiger partial charge in [-0.15, -0.1) is 47.1 Å². The molecule has 0 nitrogen and oxygen atoms in total. The Bertz CT molecular complexity index is 2210. The Hall–Kier alpha value is -4.18. The summed E-state index contributed by atoms with van der Waals surface area (Å²) in [6, 6.07) is 72.4. The summed E-state index contributed by atoms with van der Waals surface area (Å²) in [5, 5.41) is 0. The van der Waals surface area contributed by atoms with Crippen molar-refractivity contribution in [3.05, 3.63) is 239 Å². The number of fused-ring (bicyclic) bond motifs is 12. The second-order valence-electron chi connectivity index (χ2n) is 15.6. The van der Waals surface area contributed by atoms with Gasteiger partial charge in [0.1, 0.15) is 0 Å². The average molecular weight is 1170 g/mol. The summed E-state index contributed by atoms with van der Waals surface area (Å²) in [4.78, 5) is 0. The molecule has 8 aromatic carbocycles. The Labute approximate surface area is 411 Å². The molecule has 0 saturated heterocycles. The Kier molecular flexibility index (Phi) is 18.9. The summed E-state index contributed by atoms with van der Waals surface area (Å²) >= 11 is 2.53. The van der Waals surface area contributed by atoms with Crippen LogP contribution in [0, 0.1) is 24.3 Å². The van der Waals surface area contributed by atoms with Gasteiger partial charge < -0.3 is 0 Å². The van der Waals surface area contributed by atoms with Crippen LogP contribution in [0.5, 0.6) is 0 Å². The zero-order chi connectivity index (χ0) is 41.8. The van der Waals surface area contributed by atoms with E-state index in [2.05, 4.69) is 198 Å².